The summed E-state index contributed by atoms with van der Waals surface area (Å²) in [6.45, 7) is 7.00. The van der Waals surface area contributed by atoms with Crippen molar-refractivity contribution < 1.29 is 0 Å². The lowest BCUT2D eigenvalue weighted by atomic mass is 10.1. The molecule has 3 unspecified atom stereocenters. The molecule has 1 nitrogen and oxygen atoms in total. The fraction of sp³-hybridized carbons (Fsp3) is 0.800. The summed E-state index contributed by atoms with van der Waals surface area (Å²) in [6, 6.07) is 0.830. The predicted molar refractivity (Wildman–Crippen MR) is 47.4 cm³/mol. The molecule has 1 N–H and O–H groups in total. The Hall–Kier alpha value is -0.300. The minimum absolute atomic E-state index is 0.830. The van der Waals surface area contributed by atoms with Crippen molar-refractivity contribution in [1.82, 2.24) is 5.32 Å². The Morgan fingerprint density at radius 3 is 2.82 bits per heavy atom. The second kappa shape index (κ2) is 2.63. The van der Waals surface area contributed by atoms with Crippen LogP contribution in [0, 0.1) is 11.8 Å². The maximum Gasteiger partial charge on any atom is 0.0161 e. The molecule has 0 heterocycles. The third kappa shape index (κ3) is 1.48. The van der Waals surface area contributed by atoms with Crippen molar-refractivity contribution in [2.45, 2.75) is 32.2 Å². The van der Waals surface area contributed by atoms with Crippen LogP contribution in [0.4, 0.5) is 0 Å². The normalized spacial score (nSPS) is 40.3. The van der Waals surface area contributed by atoms with Gasteiger partial charge >= 0.3 is 0 Å². The third-order valence-electron chi connectivity index (χ3n) is 3.01. The van der Waals surface area contributed by atoms with Gasteiger partial charge in [-0.2, -0.15) is 0 Å². The fourth-order valence-electron chi connectivity index (χ4n) is 2.26. The molecule has 11 heavy (non-hydrogen) atoms. The third-order valence-corrected chi connectivity index (χ3v) is 3.01. The van der Waals surface area contributed by atoms with Crippen LogP contribution in [0.25, 0.3) is 0 Å². The molecule has 0 aromatic heterocycles. The van der Waals surface area contributed by atoms with Gasteiger partial charge in [-0.05, 0) is 38.0 Å². The van der Waals surface area contributed by atoms with Crippen molar-refractivity contribution in [3.8, 4) is 0 Å². The van der Waals surface area contributed by atoms with Gasteiger partial charge in [0.25, 0.3) is 0 Å². The Labute approximate surface area is 68.9 Å². The van der Waals surface area contributed by atoms with Gasteiger partial charge in [-0.25, -0.2) is 0 Å². The zero-order valence-electron chi connectivity index (χ0n) is 7.27. The molecule has 0 aromatic rings. The van der Waals surface area contributed by atoms with E-state index in [1.54, 1.807) is 0 Å². The summed E-state index contributed by atoms with van der Waals surface area (Å²) >= 11 is 0. The molecular weight excluding hydrogens is 134 g/mol. The molecule has 3 atom stereocenters. The lowest BCUT2D eigenvalue weighted by Crippen LogP contribution is -2.30. The first-order valence-electron chi connectivity index (χ1n) is 4.65. The van der Waals surface area contributed by atoms with E-state index in [1.807, 2.05) is 0 Å². The molecule has 0 bridgehead atoms. The summed E-state index contributed by atoms with van der Waals surface area (Å²) < 4.78 is 0. The summed E-state index contributed by atoms with van der Waals surface area (Å²) in [5.41, 5.74) is 1.26. The van der Waals surface area contributed by atoms with Gasteiger partial charge in [0.2, 0.25) is 0 Å². The van der Waals surface area contributed by atoms with Gasteiger partial charge in [0.15, 0.2) is 0 Å². The lowest BCUT2D eigenvalue weighted by molar-refractivity contribution is 0.495. The van der Waals surface area contributed by atoms with Gasteiger partial charge < -0.3 is 5.32 Å². The maximum atomic E-state index is 3.89. The van der Waals surface area contributed by atoms with Crippen molar-refractivity contribution in [3.05, 3.63) is 12.2 Å². The van der Waals surface area contributed by atoms with Crippen LogP contribution >= 0.6 is 0 Å². The molecule has 2 aliphatic carbocycles. The summed E-state index contributed by atoms with van der Waals surface area (Å²) in [5.74, 6) is 2.13. The summed E-state index contributed by atoms with van der Waals surface area (Å²) in [6.07, 6.45) is 4.37. The van der Waals surface area contributed by atoms with E-state index in [9.17, 15) is 0 Å². The standard InChI is InChI=1S/C10H17N/c1-7(2)6-11-10-4-3-8-5-9(8)10/h8-11H,1,3-6H2,2H3. The van der Waals surface area contributed by atoms with E-state index in [-0.39, 0.29) is 0 Å². The highest BCUT2D eigenvalue weighted by molar-refractivity contribution is 5.03. The Kier molecular flexibility index (Phi) is 1.76. The van der Waals surface area contributed by atoms with Crippen LogP contribution in [0.2, 0.25) is 0 Å². The van der Waals surface area contributed by atoms with E-state index in [0.717, 1.165) is 24.4 Å². The maximum absolute atomic E-state index is 3.89. The molecule has 2 aliphatic rings. The molecule has 62 valence electrons. The fourth-order valence-corrected chi connectivity index (χ4v) is 2.26. The smallest absolute Gasteiger partial charge is 0.0161 e. The van der Waals surface area contributed by atoms with Crippen molar-refractivity contribution in [2.24, 2.45) is 11.8 Å². The molecule has 1 heteroatoms. The Morgan fingerprint density at radius 1 is 1.55 bits per heavy atom. The minimum Gasteiger partial charge on any atom is -0.310 e. The van der Waals surface area contributed by atoms with Crippen LogP contribution in [0.1, 0.15) is 26.2 Å². The van der Waals surface area contributed by atoms with Crippen molar-refractivity contribution >= 4 is 0 Å². The summed E-state index contributed by atoms with van der Waals surface area (Å²) in [5, 5.41) is 3.57. The average Bonchev–Trinajstić information content (AvgIpc) is 2.62. The molecule has 0 radical (unpaired) electrons. The average molecular weight is 151 g/mol. The largest absolute Gasteiger partial charge is 0.310 e. The molecule has 2 fully saturated rings. The van der Waals surface area contributed by atoms with Crippen molar-refractivity contribution in [2.75, 3.05) is 6.54 Å². The summed E-state index contributed by atoms with van der Waals surface area (Å²) in [7, 11) is 0. The van der Waals surface area contributed by atoms with Crippen LogP contribution < -0.4 is 5.32 Å². The number of hydrogen-bond acceptors (Lipinski definition) is 1. The molecular formula is C10H17N. The van der Waals surface area contributed by atoms with E-state index in [0.29, 0.717) is 0 Å². The van der Waals surface area contributed by atoms with E-state index in [2.05, 4.69) is 18.8 Å². The van der Waals surface area contributed by atoms with Crippen LogP contribution in [0.5, 0.6) is 0 Å². The van der Waals surface area contributed by atoms with Crippen LogP contribution in [0.15, 0.2) is 12.2 Å². The molecule has 0 aromatic carbocycles. The van der Waals surface area contributed by atoms with Gasteiger partial charge in [-0.1, -0.05) is 12.2 Å². The van der Waals surface area contributed by atoms with Gasteiger partial charge in [-0.3, -0.25) is 0 Å². The first-order chi connectivity index (χ1) is 5.27. The molecule has 0 saturated heterocycles. The monoisotopic (exact) mass is 151 g/mol. The van der Waals surface area contributed by atoms with Crippen molar-refractivity contribution in [1.29, 1.82) is 0 Å². The molecule has 0 aliphatic heterocycles. The van der Waals surface area contributed by atoms with E-state index in [4.69, 9.17) is 0 Å². The van der Waals surface area contributed by atoms with Gasteiger partial charge in [0, 0.05) is 12.6 Å². The second-order valence-electron chi connectivity index (χ2n) is 4.18. The first kappa shape index (κ1) is 7.35. The number of fused-ring (bicyclic) bond motifs is 1. The Bertz CT molecular complexity index is 174. The highest BCUT2D eigenvalue weighted by Gasteiger charge is 2.47. The van der Waals surface area contributed by atoms with Crippen LogP contribution in [0.3, 0.4) is 0 Å². The van der Waals surface area contributed by atoms with Crippen LogP contribution in [-0.4, -0.2) is 12.6 Å². The highest BCUT2D eigenvalue weighted by atomic mass is 14.9. The Balaban J connectivity index is 1.74. The number of rotatable bonds is 3. The van der Waals surface area contributed by atoms with E-state index < -0.39 is 0 Å². The Morgan fingerprint density at radius 2 is 2.36 bits per heavy atom. The zero-order valence-corrected chi connectivity index (χ0v) is 7.27. The molecule has 2 rings (SSSR count). The van der Waals surface area contributed by atoms with E-state index in [1.165, 1.54) is 24.8 Å². The molecule has 0 spiro atoms. The van der Waals surface area contributed by atoms with Crippen LogP contribution in [-0.2, 0) is 0 Å². The van der Waals surface area contributed by atoms with E-state index >= 15 is 0 Å². The summed E-state index contributed by atoms with van der Waals surface area (Å²) in [4.78, 5) is 0. The molecule has 2 saturated carbocycles. The second-order valence-corrected chi connectivity index (χ2v) is 4.18. The predicted octanol–water partition coefficient (Wildman–Crippen LogP) is 1.95. The van der Waals surface area contributed by atoms with Gasteiger partial charge in [0.1, 0.15) is 0 Å². The quantitative estimate of drug-likeness (QED) is 0.608. The minimum atomic E-state index is 0.830. The molecule has 0 amide bonds. The number of hydrogen-bond donors (Lipinski definition) is 1. The van der Waals surface area contributed by atoms with Gasteiger partial charge in [0.05, 0.1) is 0 Å². The highest BCUT2D eigenvalue weighted by Crippen LogP contribution is 2.51. The van der Waals surface area contributed by atoms with Gasteiger partial charge in [-0.15, -0.1) is 0 Å². The topological polar surface area (TPSA) is 12.0 Å². The first-order valence-corrected chi connectivity index (χ1v) is 4.65. The lowest BCUT2D eigenvalue weighted by Gasteiger charge is -2.13. The SMILES string of the molecule is C=C(C)CNC1CCC2CC21. The van der Waals surface area contributed by atoms with Crippen molar-refractivity contribution in [3.63, 3.8) is 0 Å². The number of nitrogens with one attached hydrogen (secondary N) is 1. The zero-order chi connectivity index (χ0) is 7.84.